The van der Waals surface area contributed by atoms with Crippen LogP contribution in [-0.4, -0.2) is 38.0 Å². The fourth-order valence-electron chi connectivity index (χ4n) is 3.10. The van der Waals surface area contributed by atoms with Crippen LogP contribution in [0.5, 0.6) is 0 Å². The predicted octanol–water partition coefficient (Wildman–Crippen LogP) is 2.64. The molecule has 1 N–H and O–H groups in total. The van der Waals surface area contributed by atoms with Gasteiger partial charge in [0.2, 0.25) is 5.91 Å². The number of benzene rings is 2. The Morgan fingerprint density at radius 3 is 2.48 bits per heavy atom. The summed E-state index contributed by atoms with van der Waals surface area (Å²) >= 11 is 0. The van der Waals surface area contributed by atoms with E-state index in [0.717, 1.165) is 24.2 Å². The number of nitrogens with zero attached hydrogens (tertiary/aromatic N) is 4. The second-order valence-corrected chi connectivity index (χ2v) is 6.46. The van der Waals surface area contributed by atoms with Crippen molar-refractivity contribution < 1.29 is 9.59 Å². The number of likely N-dealkylation sites (tertiary alicyclic amines) is 1. The fraction of sp³-hybridized carbons (Fsp3) is 0.200. The summed E-state index contributed by atoms with van der Waals surface area (Å²) in [7, 11) is 0. The molecule has 0 bridgehead atoms. The highest BCUT2D eigenvalue weighted by Gasteiger charge is 2.20. The molecule has 1 aliphatic heterocycles. The highest BCUT2D eigenvalue weighted by atomic mass is 16.2. The molecule has 3 aromatic rings. The van der Waals surface area contributed by atoms with E-state index < -0.39 is 0 Å². The molecule has 0 spiro atoms. The third-order valence-corrected chi connectivity index (χ3v) is 4.57. The molecule has 0 radical (unpaired) electrons. The van der Waals surface area contributed by atoms with E-state index in [1.807, 2.05) is 41.3 Å². The van der Waals surface area contributed by atoms with Crippen LogP contribution in [0.3, 0.4) is 0 Å². The molecule has 4 rings (SSSR count). The molecule has 1 saturated heterocycles. The van der Waals surface area contributed by atoms with Crippen LogP contribution >= 0.6 is 0 Å². The van der Waals surface area contributed by atoms with Crippen molar-refractivity contribution in [3.05, 3.63) is 72.3 Å². The van der Waals surface area contributed by atoms with Gasteiger partial charge in [0.25, 0.3) is 5.91 Å². The molecule has 7 heteroatoms. The Balaban J connectivity index is 1.38. The van der Waals surface area contributed by atoms with Crippen molar-refractivity contribution in [1.29, 1.82) is 0 Å². The molecule has 2 heterocycles. The zero-order chi connectivity index (χ0) is 18.6. The van der Waals surface area contributed by atoms with E-state index >= 15 is 0 Å². The number of nitrogens with one attached hydrogen (secondary N) is 1. The summed E-state index contributed by atoms with van der Waals surface area (Å²) in [5.41, 5.74) is 3.17. The third kappa shape index (κ3) is 3.87. The van der Waals surface area contributed by atoms with Crippen molar-refractivity contribution in [2.75, 3.05) is 11.9 Å². The topological polar surface area (TPSA) is 80.1 Å². The lowest BCUT2D eigenvalue weighted by atomic mass is 10.1. The van der Waals surface area contributed by atoms with E-state index in [4.69, 9.17) is 0 Å². The van der Waals surface area contributed by atoms with Gasteiger partial charge in [0, 0.05) is 30.8 Å². The number of anilines is 1. The standard InChI is InChI=1S/C20H19N5O2/c26-19-2-1-11-24(19)12-15-3-5-16(6-4-15)20(27)23-17-7-9-18(10-8-17)25-14-21-13-22-25/h3-10,13-14H,1-2,11-12H2,(H,23,27). The van der Waals surface area contributed by atoms with Crippen LogP contribution in [0.25, 0.3) is 5.69 Å². The minimum absolute atomic E-state index is 0.174. The molecule has 1 aliphatic rings. The minimum Gasteiger partial charge on any atom is -0.338 e. The molecule has 0 unspecified atom stereocenters. The summed E-state index contributed by atoms with van der Waals surface area (Å²) in [6, 6.07) is 14.7. The van der Waals surface area contributed by atoms with Crippen LogP contribution in [0.4, 0.5) is 5.69 Å². The lowest BCUT2D eigenvalue weighted by Gasteiger charge is -2.15. The minimum atomic E-state index is -0.174. The van der Waals surface area contributed by atoms with E-state index in [0.29, 0.717) is 24.2 Å². The maximum Gasteiger partial charge on any atom is 0.255 e. The smallest absolute Gasteiger partial charge is 0.255 e. The van der Waals surface area contributed by atoms with Crippen molar-refractivity contribution in [3.8, 4) is 5.69 Å². The van der Waals surface area contributed by atoms with Crippen LogP contribution in [0, 0.1) is 0 Å². The summed E-state index contributed by atoms with van der Waals surface area (Å²) in [5, 5.41) is 6.95. The predicted molar refractivity (Wildman–Crippen MR) is 100 cm³/mol. The van der Waals surface area contributed by atoms with E-state index in [2.05, 4.69) is 15.4 Å². The second kappa shape index (κ2) is 7.41. The maximum atomic E-state index is 12.4. The Morgan fingerprint density at radius 2 is 1.85 bits per heavy atom. The molecule has 7 nitrogen and oxygen atoms in total. The third-order valence-electron chi connectivity index (χ3n) is 4.57. The van der Waals surface area contributed by atoms with Crippen LogP contribution in [0.1, 0.15) is 28.8 Å². The summed E-state index contributed by atoms with van der Waals surface area (Å²) in [6.45, 7) is 1.41. The van der Waals surface area contributed by atoms with Crippen LogP contribution in [0.2, 0.25) is 0 Å². The van der Waals surface area contributed by atoms with Gasteiger partial charge in [-0.2, -0.15) is 5.10 Å². The van der Waals surface area contributed by atoms with Gasteiger partial charge in [0.15, 0.2) is 0 Å². The highest BCUT2D eigenvalue weighted by Crippen LogP contribution is 2.16. The molecule has 0 saturated carbocycles. The first-order valence-corrected chi connectivity index (χ1v) is 8.82. The van der Waals surface area contributed by atoms with Gasteiger partial charge >= 0.3 is 0 Å². The first-order valence-electron chi connectivity index (χ1n) is 8.82. The lowest BCUT2D eigenvalue weighted by Crippen LogP contribution is -2.23. The van der Waals surface area contributed by atoms with E-state index in [9.17, 15) is 9.59 Å². The quantitative estimate of drug-likeness (QED) is 0.758. The molecule has 0 atom stereocenters. The number of rotatable bonds is 5. The van der Waals surface area contributed by atoms with Gasteiger partial charge in [-0.05, 0) is 48.4 Å². The maximum absolute atomic E-state index is 12.4. The van der Waals surface area contributed by atoms with Crippen molar-refractivity contribution in [1.82, 2.24) is 19.7 Å². The summed E-state index contributed by atoms with van der Waals surface area (Å²) in [5.74, 6) is 0.0264. The largest absolute Gasteiger partial charge is 0.338 e. The molecule has 2 amide bonds. The van der Waals surface area contributed by atoms with Crippen molar-refractivity contribution in [3.63, 3.8) is 0 Å². The Labute approximate surface area is 156 Å². The molecule has 2 aromatic carbocycles. The van der Waals surface area contributed by atoms with Crippen molar-refractivity contribution in [2.24, 2.45) is 0 Å². The Bertz CT molecular complexity index is 934. The lowest BCUT2D eigenvalue weighted by molar-refractivity contribution is -0.128. The van der Waals surface area contributed by atoms with Crippen LogP contribution in [0.15, 0.2) is 61.2 Å². The van der Waals surface area contributed by atoms with Gasteiger partial charge in [0.1, 0.15) is 12.7 Å². The fourth-order valence-corrected chi connectivity index (χ4v) is 3.10. The van der Waals surface area contributed by atoms with E-state index in [-0.39, 0.29) is 11.8 Å². The number of carbonyl (C=O) groups excluding carboxylic acids is 2. The summed E-state index contributed by atoms with van der Waals surface area (Å²) < 4.78 is 1.65. The Hall–Kier alpha value is -3.48. The summed E-state index contributed by atoms with van der Waals surface area (Å²) in [6.07, 6.45) is 4.65. The Kier molecular flexibility index (Phi) is 4.65. The molecule has 136 valence electrons. The molecule has 27 heavy (non-hydrogen) atoms. The molecular formula is C20H19N5O2. The van der Waals surface area contributed by atoms with Gasteiger partial charge in [0.05, 0.1) is 5.69 Å². The second-order valence-electron chi connectivity index (χ2n) is 6.46. The van der Waals surface area contributed by atoms with Gasteiger partial charge in [-0.25, -0.2) is 9.67 Å². The number of hydrogen-bond acceptors (Lipinski definition) is 4. The van der Waals surface area contributed by atoms with Gasteiger partial charge in [-0.15, -0.1) is 0 Å². The van der Waals surface area contributed by atoms with Crippen LogP contribution < -0.4 is 5.32 Å². The average molecular weight is 361 g/mol. The number of carbonyl (C=O) groups is 2. The van der Waals surface area contributed by atoms with Crippen LogP contribution in [-0.2, 0) is 11.3 Å². The van der Waals surface area contributed by atoms with E-state index in [1.165, 1.54) is 6.33 Å². The molecule has 1 fully saturated rings. The van der Waals surface area contributed by atoms with Gasteiger partial charge in [-0.3, -0.25) is 9.59 Å². The Morgan fingerprint density at radius 1 is 1.07 bits per heavy atom. The normalized spacial score (nSPS) is 13.8. The van der Waals surface area contributed by atoms with Crippen molar-refractivity contribution in [2.45, 2.75) is 19.4 Å². The average Bonchev–Trinajstić information content (AvgIpc) is 3.36. The number of hydrogen-bond donors (Lipinski definition) is 1. The molecule has 1 aromatic heterocycles. The number of amides is 2. The molecule has 0 aliphatic carbocycles. The SMILES string of the molecule is O=C(Nc1ccc(-n2cncn2)cc1)c1ccc(CN2CCCC2=O)cc1. The van der Waals surface area contributed by atoms with Gasteiger partial charge < -0.3 is 10.2 Å². The summed E-state index contributed by atoms with van der Waals surface area (Å²) in [4.78, 5) is 29.9. The first kappa shape index (κ1) is 17.0. The van der Waals surface area contributed by atoms with Crippen molar-refractivity contribution >= 4 is 17.5 Å². The van der Waals surface area contributed by atoms with Gasteiger partial charge in [-0.1, -0.05) is 12.1 Å². The number of aromatic nitrogens is 3. The van der Waals surface area contributed by atoms with E-state index in [1.54, 1.807) is 23.1 Å². The molecular weight excluding hydrogens is 342 g/mol. The zero-order valence-corrected chi connectivity index (χ0v) is 14.7. The highest BCUT2D eigenvalue weighted by molar-refractivity contribution is 6.04. The first-order chi connectivity index (χ1) is 13.2. The monoisotopic (exact) mass is 361 g/mol. The zero-order valence-electron chi connectivity index (χ0n) is 14.7.